The first-order valence-electron chi connectivity index (χ1n) is 5.37. The molecule has 1 unspecified atom stereocenters. The fourth-order valence-electron chi connectivity index (χ4n) is 2.25. The van der Waals surface area contributed by atoms with Gasteiger partial charge in [-0.15, -0.1) is 0 Å². The zero-order chi connectivity index (χ0) is 12.0. The average molecular weight is 229 g/mol. The number of aromatic nitrogens is 2. The molecule has 6 nitrogen and oxygen atoms in total. The second-order valence-corrected chi connectivity index (χ2v) is 4.26. The van der Waals surface area contributed by atoms with Crippen LogP contribution < -0.4 is 0 Å². The van der Waals surface area contributed by atoms with E-state index in [1.165, 1.54) is 0 Å². The molecular formula is C11H11N5O. The number of urea groups is 1. The minimum absolute atomic E-state index is 0.0499. The van der Waals surface area contributed by atoms with Gasteiger partial charge in [0.15, 0.2) is 5.69 Å². The van der Waals surface area contributed by atoms with Crippen LogP contribution in [0, 0.1) is 11.3 Å². The van der Waals surface area contributed by atoms with Gasteiger partial charge in [-0.05, 0) is 12.1 Å². The monoisotopic (exact) mass is 229 g/mol. The third-order valence-corrected chi connectivity index (χ3v) is 3.21. The van der Waals surface area contributed by atoms with Crippen LogP contribution in [0.5, 0.6) is 0 Å². The lowest BCUT2D eigenvalue weighted by molar-refractivity contribution is 0.201. The SMILES string of the molecule is CN1C(=O)N2CC(n3ccc(C#N)n3)=CC1C2. The first-order valence-corrected chi connectivity index (χ1v) is 5.37. The maximum atomic E-state index is 11.8. The number of hydrogen-bond acceptors (Lipinski definition) is 3. The van der Waals surface area contributed by atoms with Gasteiger partial charge in [-0.1, -0.05) is 0 Å². The molecule has 0 aromatic carbocycles. The molecule has 2 amide bonds. The molecule has 17 heavy (non-hydrogen) atoms. The second kappa shape index (κ2) is 3.35. The third kappa shape index (κ3) is 1.40. The first-order chi connectivity index (χ1) is 8.19. The molecule has 3 rings (SSSR count). The van der Waals surface area contributed by atoms with Crippen molar-refractivity contribution in [1.29, 1.82) is 5.26 Å². The molecule has 0 aliphatic carbocycles. The molecule has 2 bridgehead atoms. The van der Waals surface area contributed by atoms with Crippen molar-refractivity contribution in [1.82, 2.24) is 19.6 Å². The number of hydrogen-bond donors (Lipinski definition) is 0. The third-order valence-electron chi connectivity index (χ3n) is 3.21. The van der Waals surface area contributed by atoms with Gasteiger partial charge >= 0.3 is 6.03 Å². The molecule has 2 aliphatic heterocycles. The predicted octanol–water partition coefficient (Wildman–Crippen LogP) is 0.345. The lowest BCUT2D eigenvalue weighted by Crippen LogP contribution is -2.31. The van der Waals surface area contributed by atoms with E-state index >= 15 is 0 Å². The molecule has 3 heterocycles. The van der Waals surface area contributed by atoms with E-state index in [2.05, 4.69) is 5.10 Å². The van der Waals surface area contributed by atoms with Crippen molar-refractivity contribution in [2.75, 3.05) is 20.1 Å². The van der Waals surface area contributed by atoms with Crippen LogP contribution in [-0.2, 0) is 0 Å². The summed E-state index contributed by atoms with van der Waals surface area (Å²) in [5.74, 6) is 0. The topological polar surface area (TPSA) is 65.2 Å². The molecule has 1 aromatic heterocycles. The van der Waals surface area contributed by atoms with E-state index in [0.717, 1.165) is 12.2 Å². The van der Waals surface area contributed by atoms with Crippen LogP contribution in [0.4, 0.5) is 4.79 Å². The second-order valence-electron chi connectivity index (χ2n) is 4.26. The summed E-state index contributed by atoms with van der Waals surface area (Å²) in [6.07, 6.45) is 3.79. The zero-order valence-electron chi connectivity index (χ0n) is 9.37. The van der Waals surface area contributed by atoms with E-state index < -0.39 is 0 Å². The van der Waals surface area contributed by atoms with Crippen LogP contribution in [0.3, 0.4) is 0 Å². The van der Waals surface area contributed by atoms with Crippen molar-refractivity contribution >= 4 is 11.7 Å². The van der Waals surface area contributed by atoms with Crippen molar-refractivity contribution in [2.45, 2.75) is 6.04 Å². The highest BCUT2D eigenvalue weighted by molar-refractivity contribution is 5.80. The summed E-state index contributed by atoms with van der Waals surface area (Å²) in [6, 6.07) is 3.82. The Morgan fingerprint density at radius 3 is 3.06 bits per heavy atom. The van der Waals surface area contributed by atoms with Crippen molar-refractivity contribution < 1.29 is 4.79 Å². The standard InChI is InChI=1S/C11H11N5O/c1-14-9-4-10(7-15(6-9)11(14)17)16-3-2-8(5-12)13-16/h2-4,9H,6-7H2,1H3. The van der Waals surface area contributed by atoms with Gasteiger partial charge in [-0.25, -0.2) is 9.48 Å². The van der Waals surface area contributed by atoms with Crippen LogP contribution in [-0.4, -0.2) is 51.8 Å². The maximum absolute atomic E-state index is 11.8. The van der Waals surface area contributed by atoms with Crippen molar-refractivity contribution in [3.05, 3.63) is 24.0 Å². The molecule has 86 valence electrons. The maximum Gasteiger partial charge on any atom is 0.320 e. The molecule has 2 aliphatic rings. The summed E-state index contributed by atoms with van der Waals surface area (Å²) < 4.78 is 1.67. The van der Waals surface area contributed by atoms with Crippen molar-refractivity contribution in [3.8, 4) is 6.07 Å². The Labute approximate surface area is 98.3 Å². The highest BCUT2D eigenvalue weighted by atomic mass is 16.2. The number of likely N-dealkylation sites (N-methyl/N-ethyl adjacent to an activating group) is 1. The quantitative estimate of drug-likeness (QED) is 0.697. The largest absolute Gasteiger partial charge is 0.320 e. The van der Waals surface area contributed by atoms with Crippen LogP contribution in [0.2, 0.25) is 0 Å². The molecule has 0 N–H and O–H groups in total. The highest BCUT2D eigenvalue weighted by Crippen LogP contribution is 2.24. The number of fused-ring (bicyclic) bond motifs is 2. The molecule has 0 radical (unpaired) electrons. The minimum atomic E-state index is 0.0499. The van der Waals surface area contributed by atoms with Gasteiger partial charge in [0, 0.05) is 19.8 Å². The molecule has 0 saturated carbocycles. The fraction of sp³-hybridized carbons (Fsp3) is 0.364. The molecule has 1 fully saturated rings. The van der Waals surface area contributed by atoms with Crippen LogP contribution in [0.1, 0.15) is 5.69 Å². The summed E-state index contributed by atoms with van der Waals surface area (Å²) in [6.45, 7) is 1.29. The van der Waals surface area contributed by atoms with E-state index in [4.69, 9.17) is 5.26 Å². The number of carbonyl (C=O) groups is 1. The van der Waals surface area contributed by atoms with E-state index in [9.17, 15) is 4.79 Å². The van der Waals surface area contributed by atoms with Crippen LogP contribution in [0.25, 0.3) is 5.70 Å². The Morgan fingerprint density at radius 1 is 1.59 bits per heavy atom. The Balaban J connectivity index is 1.94. The molecule has 6 heteroatoms. The summed E-state index contributed by atoms with van der Waals surface area (Å²) >= 11 is 0. The molecule has 0 spiro atoms. The summed E-state index contributed by atoms with van der Waals surface area (Å²) in [4.78, 5) is 15.3. The van der Waals surface area contributed by atoms with Crippen LogP contribution >= 0.6 is 0 Å². The van der Waals surface area contributed by atoms with E-state index in [-0.39, 0.29) is 12.1 Å². The fourth-order valence-corrected chi connectivity index (χ4v) is 2.25. The van der Waals surface area contributed by atoms with E-state index in [0.29, 0.717) is 12.2 Å². The normalized spacial score (nSPS) is 22.7. The van der Waals surface area contributed by atoms with Crippen molar-refractivity contribution in [3.63, 3.8) is 0 Å². The zero-order valence-corrected chi connectivity index (χ0v) is 9.37. The van der Waals surface area contributed by atoms with E-state index in [1.54, 1.807) is 33.8 Å². The molecule has 1 aromatic rings. The number of nitrogens with zero attached hydrogens (tertiary/aromatic N) is 5. The summed E-state index contributed by atoms with van der Waals surface area (Å²) in [5, 5.41) is 12.9. The summed E-state index contributed by atoms with van der Waals surface area (Å²) in [7, 11) is 1.80. The number of amides is 2. The molecule has 1 atom stereocenters. The Hall–Kier alpha value is -2.29. The Kier molecular flexibility index (Phi) is 1.95. The van der Waals surface area contributed by atoms with E-state index in [1.807, 2.05) is 12.1 Å². The summed E-state index contributed by atoms with van der Waals surface area (Å²) in [5.41, 5.74) is 1.33. The van der Waals surface area contributed by atoms with Gasteiger partial charge in [-0.2, -0.15) is 10.4 Å². The Bertz CT molecular complexity index is 552. The first kappa shape index (κ1) is 9.90. The van der Waals surface area contributed by atoms with Gasteiger partial charge in [0.1, 0.15) is 6.07 Å². The Morgan fingerprint density at radius 2 is 2.41 bits per heavy atom. The van der Waals surface area contributed by atoms with Gasteiger partial charge in [0.2, 0.25) is 0 Å². The number of carbonyl (C=O) groups excluding carboxylic acids is 1. The molecular weight excluding hydrogens is 218 g/mol. The van der Waals surface area contributed by atoms with Gasteiger partial charge < -0.3 is 9.80 Å². The lowest BCUT2D eigenvalue weighted by Gasteiger charge is -2.21. The number of rotatable bonds is 1. The minimum Gasteiger partial charge on any atom is -0.319 e. The highest BCUT2D eigenvalue weighted by Gasteiger charge is 2.37. The average Bonchev–Trinajstić information content (AvgIpc) is 2.91. The predicted molar refractivity (Wildman–Crippen MR) is 59.7 cm³/mol. The molecule has 1 saturated heterocycles. The number of nitriles is 1. The lowest BCUT2D eigenvalue weighted by atomic mass is 10.2. The van der Waals surface area contributed by atoms with Gasteiger partial charge in [0.25, 0.3) is 0 Å². The van der Waals surface area contributed by atoms with Crippen LogP contribution in [0.15, 0.2) is 18.3 Å². The smallest absolute Gasteiger partial charge is 0.319 e. The van der Waals surface area contributed by atoms with Crippen molar-refractivity contribution in [2.24, 2.45) is 0 Å². The van der Waals surface area contributed by atoms with Gasteiger partial charge in [0.05, 0.1) is 18.3 Å². The van der Waals surface area contributed by atoms with Gasteiger partial charge in [-0.3, -0.25) is 0 Å².